The molecule has 0 amide bonds. The predicted molar refractivity (Wildman–Crippen MR) is 43.6 cm³/mol. The third kappa shape index (κ3) is 4.74. The zero-order valence-corrected chi connectivity index (χ0v) is 8.19. The maximum Gasteiger partial charge on any atom is 0.474 e. The minimum absolute atomic E-state index is 0.432. The Labute approximate surface area is 80.1 Å². The van der Waals surface area contributed by atoms with E-state index in [0.717, 1.165) is 7.11 Å². The minimum Gasteiger partial charge on any atom is -0.434 e. The van der Waals surface area contributed by atoms with Gasteiger partial charge in [-0.3, -0.25) is 4.52 Å². The monoisotopic (exact) mass is 221 g/mol. The average molecular weight is 221 g/mol. The Kier molecular flexibility index (Phi) is 5.05. The number of phosphoric acid groups is 1. The lowest BCUT2D eigenvalue weighted by atomic mass is 10.3. The highest BCUT2D eigenvalue weighted by atomic mass is 31.2. The summed E-state index contributed by atoms with van der Waals surface area (Å²) in [6.45, 7) is 2.26. The highest BCUT2D eigenvalue weighted by molar-refractivity contribution is 7.47. The van der Waals surface area contributed by atoms with Gasteiger partial charge in [0.25, 0.3) is 0 Å². The summed E-state index contributed by atoms with van der Waals surface area (Å²) < 4.78 is 23.0. The van der Waals surface area contributed by atoms with Gasteiger partial charge in [-0.1, -0.05) is 6.58 Å². The summed E-state index contributed by atoms with van der Waals surface area (Å²) in [4.78, 5) is 19.4. The molecule has 0 aromatic rings. The lowest BCUT2D eigenvalue weighted by molar-refractivity contribution is -0.145. The van der Waals surface area contributed by atoms with Gasteiger partial charge in [-0.05, 0) is 0 Å². The number of hydrogen-bond acceptors (Lipinski definition) is 6. The molecule has 0 aliphatic carbocycles. The number of nitriles is 1. The molecule has 0 radical (unpaired) electrons. The Morgan fingerprint density at radius 2 is 2.29 bits per heavy atom. The maximum absolute atomic E-state index is 10.7. The SMILES string of the molecule is C=C(C#N)C(=O)OCOP(=O)(O)OC. The second-order valence-corrected chi connectivity index (χ2v) is 3.48. The van der Waals surface area contributed by atoms with Crippen molar-refractivity contribution in [1.29, 1.82) is 5.26 Å². The van der Waals surface area contributed by atoms with Crippen molar-refractivity contribution in [3.8, 4) is 6.07 Å². The Bertz CT molecular complexity index is 319. The number of phosphoric ester groups is 1. The van der Waals surface area contributed by atoms with E-state index in [1.54, 1.807) is 0 Å². The standard InChI is InChI=1S/C6H8NO6P/c1-5(3-7)6(8)12-4-13-14(9,10)11-2/h1,4H2,2H3,(H,9,10). The molecular formula is C6H8NO6P. The summed E-state index contributed by atoms with van der Waals surface area (Å²) in [5.41, 5.74) is -0.432. The molecule has 0 aliphatic heterocycles. The van der Waals surface area contributed by atoms with E-state index in [1.807, 2.05) is 0 Å². The van der Waals surface area contributed by atoms with E-state index in [1.165, 1.54) is 6.07 Å². The number of rotatable bonds is 5. The zero-order valence-electron chi connectivity index (χ0n) is 7.30. The van der Waals surface area contributed by atoms with Crippen LogP contribution in [0.25, 0.3) is 0 Å². The average Bonchev–Trinajstić information content (AvgIpc) is 2.16. The topological polar surface area (TPSA) is 106 Å². The van der Waals surface area contributed by atoms with E-state index in [4.69, 9.17) is 10.2 Å². The van der Waals surface area contributed by atoms with Crippen LogP contribution in [0, 0.1) is 11.3 Å². The first-order valence-corrected chi connectivity index (χ1v) is 4.71. The molecule has 0 aliphatic rings. The van der Waals surface area contributed by atoms with Crippen molar-refractivity contribution in [3.05, 3.63) is 12.2 Å². The quantitative estimate of drug-likeness (QED) is 0.234. The van der Waals surface area contributed by atoms with E-state index in [-0.39, 0.29) is 0 Å². The first-order valence-electron chi connectivity index (χ1n) is 3.22. The molecule has 14 heavy (non-hydrogen) atoms. The third-order valence-corrected chi connectivity index (χ3v) is 1.91. The van der Waals surface area contributed by atoms with Gasteiger partial charge >= 0.3 is 13.8 Å². The second kappa shape index (κ2) is 5.52. The van der Waals surface area contributed by atoms with Crippen LogP contribution in [0.3, 0.4) is 0 Å². The molecule has 7 nitrogen and oxygen atoms in total. The van der Waals surface area contributed by atoms with Crippen LogP contribution in [0.5, 0.6) is 0 Å². The number of carbonyl (C=O) groups excluding carboxylic acids is 1. The van der Waals surface area contributed by atoms with Crippen LogP contribution >= 0.6 is 7.82 Å². The summed E-state index contributed by atoms with van der Waals surface area (Å²) in [5.74, 6) is -1.02. The molecule has 8 heteroatoms. The number of esters is 1. The zero-order chi connectivity index (χ0) is 11.2. The molecule has 0 fully saturated rings. The lowest BCUT2D eigenvalue weighted by Gasteiger charge is -2.08. The van der Waals surface area contributed by atoms with Gasteiger partial charge in [0.05, 0.1) is 0 Å². The van der Waals surface area contributed by atoms with Crippen LogP contribution in [0.4, 0.5) is 0 Å². The number of ether oxygens (including phenoxy) is 1. The van der Waals surface area contributed by atoms with Crippen LogP contribution in [-0.2, 0) is 23.1 Å². The number of carbonyl (C=O) groups is 1. The highest BCUT2D eigenvalue weighted by Gasteiger charge is 2.19. The molecule has 0 aromatic heterocycles. The Balaban J connectivity index is 3.88. The van der Waals surface area contributed by atoms with E-state index < -0.39 is 26.2 Å². The van der Waals surface area contributed by atoms with E-state index in [0.29, 0.717) is 0 Å². The van der Waals surface area contributed by atoms with E-state index >= 15 is 0 Å². The molecule has 0 aromatic carbocycles. The fraction of sp³-hybridized carbons (Fsp3) is 0.333. The van der Waals surface area contributed by atoms with Gasteiger partial charge in [0.1, 0.15) is 11.6 Å². The fourth-order valence-electron chi connectivity index (χ4n) is 0.332. The van der Waals surface area contributed by atoms with Crippen molar-refractivity contribution < 1.29 is 28.0 Å². The number of nitrogens with zero attached hydrogens (tertiary/aromatic N) is 1. The van der Waals surface area contributed by atoms with Crippen molar-refractivity contribution in [2.75, 3.05) is 13.9 Å². The minimum atomic E-state index is -4.16. The fourth-order valence-corrected chi connectivity index (χ4v) is 0.623. The second-order valence-electron chi connectivity index (χ2n) is 1.92. The molecule has 78 valence electrons. The van der Waals surface area contributed by atoms with Crippen molar-refractivity contribution in [3.63, 3.8) is 0 Å². The number of hydrogen-bond donors (Lipinski definition) is 1. The lowest BCUT2D eigenvalue weighted by Crippen LogP contribution is -2.08. The highest BCUT2D eigenvalue weighted by Crippen LogP contribution is 2.41. The van der Waals surface area contributed by atoms with Gasteiger partial charge < -0.3 is 9.63 Å². The normalized spacial score (nSPS) is 13.8. The van der Waals surface area contributed by atoms with Gasteiger partial charge in [-0.15, -0.1) is 0 Å². The van der Waals surface area contributed by atoms with E-state index in [2.05, 4.69) is 20.4 Å². The van der Waals surface area contributed by atoms with Crippen LogP contribution in [0.1, 0.15) is 0 Å². The van der Waals surface area contributed by atoms with E-state index in [9.17, 15) is 9.36 Å². The van der Waals surface area contributed by atoms with Crippen LogP contribution in [0.15, 0.2) is 12.2 Å². The van der Waals surface area contributed by atoms with Gasteiger partial charge in [0.15, 0.2) is 0 Å². The predicted octanol–water partition coefficient (Wildman–Crippen LogP) is 0.330. The first-order chi connectivity index (χ1) is 6.43. The Morgan fingerprint density at radius 1 is 1.71 bits per heavy atom. The summed E-state index contributed by atoms with van der Waals surface area (Å²) in [6.07, 6.45) is 0. The van der Waals surface area contributed by atoms with Crippen molar-refractivity contribution in [1.82, 2.24) is 0 Å². The van der Waals surface area contributed by atoms with Gasteiger partial charge in [0.2, 0.25) is 6.79 Å². The summed E-state index contributed by atoms with van der Waals surface area (Å²) in [6, 6.07) is 1.44. The molecule has 0 saturated carbocycles. The summed E-state index contributed by atoms with van der Waals surface area (Å²) >= 11 is 0. The van der Waals surface area contributed by atoms with Gasteiger partial charge in [-0.2, -0.15) is 5.26 Å². The molecule has 0 heterocycles. The molecule has 1 unspecified atom stereocenters. The van der Waals surface area contributed by atoms with Gasteiger partial charge in [-0.25, -0.2) is 13.9 Å². The van der Waals surface area contributed by atoms with Crippen LogP contribution < -0.4 is 0 Å². The summed E-state index contributed by atoms with van der Waals surface area (Å²) in [5, 5.41) is 8.19. The van der Waals surface area contributed by atoms with Crippen LogP contribution in [0.2, 0.25) is 0 Å². The largest absolute Gasteiger partial charge is 0.474 e. The van der Waals surface area contributed by atoms with Crippen molar-refractivity contribution >= 4 is 13.8 Å². The molecule has 0 spiro atoms. The molecular weight excluding hydrogens is 213 g/mol. The molecule has 1 atom stereocenters. The van der Waals surface area contributed by atoms with Crippen molar-refractivity contribution in [2.45, 2.75) is 0 Å². The Morgan fingerprint density at radius 3 is 2.71 bits per heavy atom. The Hall–Kier alpha value is -1.19. The van der Waals surface area contributed by atoms with Crippen molar-refractivity contribution in [2.24, 2.45) is 0 Å². The molecule has 0 rings (SSSR count). The molecule has 1 N–H and O–H groups in total. The first kappa shape index (κ1) is 12.8. The summed E-state index contributed by atoms with van der Waals surface area (Å²) in [7, 11) is -3.20. The van der Waals surface area contributed by atoms with Crippen LogP contribution in [-0.4, -0.2) is 24.8 Å². The molecule has 0 bridgehead atoms. The van der Waals surface area contributed by atoms with Gasteiger partial charge in [0, 0.05) is 7.11 Å². The molecule has 0 saturated heterocycles. The maximum atomic E-state index is 10.7. The smallest absolute Gasteiger partial charge is 0.434 e. The third-order valence-electron chi connectivity index (χ3n) is 1.02.